The number of alkyl carbamates (subject to hydrolysis) is 1. The molecule has 1 amide bonds. The van der Waals surface area contributed by atoms with Gasteiger partial charge in [0.2, 0.25) is 5.88 Å². The number of ether oxygens (including phenoxy) is 5. The number of likely N-dealkylation sites (tertiary alicyclic amines) is 1. The van der Waals surface area contributed by atoms with Gasteiger partial charge in [0.05, 0.1) is 23.6 Å². The summed E-state index contributed by atoms with van der Waals surface area (Å²) >= 11 is 0. The number of unbranched alkanes of at least 4 members (excludes halogenated alkanes) is 2. The molecule has 0 bridgehead atoms. The molecule has 0 radical (unpaired) electrons. The second-order valence-electron chi connectivity index (χ2n) is 16.7. The van der Waals surface area contributed by atoms with Gasteiger partial charge in [-0.3, -0.25) is 9.78 Å². The molecule has 3 fully saturated rings. The fourth-order valence-corrected chi connectivity index (χ4v) is 6.92. The van der Waals surface area contributed by atoms with Crippen molar-refractivity contribution in [1.82, 2.24) is 25.5 Å². The van der Waals surface area contributed by atoms with Gasteiger partial charge in [-0.1, -0.05) is 33.6 Å². The van der Waals surface area contributed by atoms with E-state index < -0.39 is 35.2 Å². The van der Waals surface area contributed by atoms with E-state index >= 15 is 0 Å². The van der Waals surface area contributed by atoms with Crippen LogP contribution in [-0.2, 0) is 30.2 Å². The molecule has 1 aliphatic carbocycles. The molecule has 288 valence electrons. The molecule has 2 aromatic heterocycles. The highest BCUT2D eigenvalue weighted by atomic mass is 16.6. The van der Waals surface area contributed by atoms with Crippen LogP contribution in [0.5, 0.6) is 11.6 Å². The highest BCUT2D eigenvalue weighted by molar-refractivity contribution is 5.87. The first-order valence-electron chi connectivity index (χ1n) is 18.9. The van der Waals surface area contributed by atoms with Gasteiger partial charge in [-0.15, -0.1) is 0 Å². The predicted octanol–water partition coefficient (Wildman–Crippen LogP) is 5.36. The summed E-state index contributed by atoms with van der Waals surface area (Å²) in [5, 5.41) is 6.84. The fraction of sp³-hybridized carbons (Fsp3) is 0.718. The summed E-state index contributed by atoms with van der Waals surface area (Å²) in [6.07, 6.45) is 10.3. The Morgan fingerprint density at radius 3 is 2.46 bits per heavy atom. The number of amides is 1. The lowest BCUT2D eigenvalue weighted by Crippen LogP contribution is -2.51. The monoisotopic (exact) mass is 725 g/mol. The number of hydrogen-bond acceptors (Lipinski definition) is 12. The van der Waals surface area contributed by atoms with Crippen LogP contribution in [0.15, 0.2) is 18.5 Å². The molecule has 3 aliphatic rings. The summed E-state index contributed by atoms with van der Waals surface area (Å²) < 4.78 is 29.6. The summed E-state index contributed by atoms with van der Waals surface area (Å²) in [5.74, 6) is 0.865. The largest absolute Gasteiger partial charge is 0.489 e. The minimum Gasteiger partial charge on any atom is -0.489 e. The molecule has 0 spiro atoms. The van der Waals surface area contributed by atoms with Crippen molar-refractivity contribution in [2.75, 3.05) is 33.8 Å². The van der Waals surface area contributed by atoms with Gasteiger partial charge in [0, 0.05) is 38.4 Å². The quantitative estimate of drug-likeness (QED) is 0.147. The van der Waals surface area contributed by atoms with Crippen LogP contribution < -0.4 is 20.1 Å². The highest BCUT2D eigenvalue weighted by Crippen LogP contribution is 2.40. The van der Waals surface area contributed by atoms with Crippen LogP contribution >= 0.6 is 0 Å². The lowest BCUT2D eigenvalue weighted by Gasteiger charge is -2.32. The summed E-state index contributed by atoms with van der Waals surface area (Å²) in [6, 6.07) is 0.648. The lowest BCUT2D eigenvalue weighted by molar-refractivity contribution is -0.160. The van der Waals surface area contributed by atoms with Crippen molar-refractivity contribution in [2.45, 2.75) is 135 Å². The van der Waals surface area contributed by atoms with Crippen molar-refractivity contribution in [3.8, 4) is 11.6 Å². The van der Waals surface area contributed by atoms with Crippen molar-refractivity contribution in [3.05, 3.63) is 24.0 Å². The lowest BCUT2D eigenvalue weighted by atomic mass is 9.86. The highest BCUT2D eigenvalue weighted by Gasteiger charge is 2.42. The topological polar surface area (TPSA) is 150 Å². The second-order valence-corrected chi connectivity index (χ2v) is 16.7. The Hall–Kier alpha value is -3.71. The van der Waals surface area contributed by atoms with Crippen LogP contribution in [0.25, 0.3) is 10.9 Å². The maximum Gasteiger partial charge on any atom is 0.408 e. The minimum absolute atomic E-state index is 0.0808. The number of nitrogens with one attached hydrogen (secondary N) is 2. The Morgan fingerprint density at radius 2 is 1.77 bits per heavy atom. The molecule has 2 N–H and O–H groups in total. The van der Waals surface area contributed by atoms with E-state index in [0.717, 1.165) is 80.3 Å². The van der Waals surface area contributed by atoms with Gasteiger partial charge in [0.1, 0.15) is 41.7 Å². The van der Waals surface area contributed by atoms with E-state index in [1.54, 1.807) is 27.0 Å². The Balaban J connectivity index is 1.19. The standard InChI is InChI=1S/C39H59N5O8/c1-38(2,3)33(36(46)52-39(4,5)6)43-37(47)51-31-20-24(31)12-10-9-11-13-27-32(49-25-15-18-44(7)19-16-25)28-23-40-17-14-29(28)42-34(27)50-26-21-30(41-22-26)35(45)48-8/h14,17,23-26,30-31,33,41H,9-13,15-16,18-22H2,1-8H3,(H,43,47)/t24-,26-,30+,31-,33-/m1/s1. The average molecular weight is 726 g/mol. The van der Waals surface area contributed by atoms with E-state index in [1.165, 1.54) is 7.11 Å². The Bertz CT molecular complexity index is 1550. The average Bonchev–Trinajstić information content (AvgIpc) is 3.63. The van der Waals surface area contributed by atoms with Gasteiger partial charge in [-0.2, -0.15) is 0 Å². The predicted molar refractivity (Wildman–Crippen MR) is 196 cm³/mol. The number of esters is 2. The zero-order valence-electron chi connectivity index (χ0n) is 32.3. The second kappa shape index (κ2) is 17.0. The Morgan fingerprint density at radius 1 is 1.02 bits per heavy atom. The molecule has 52 heavy (non-hydrogen) atoms. The number of methoxy groups -OCH3 is 1. The molecule has 0 aromatic carbocycles. The number of aromatic nitrogens is 2. The number of rotatable bonds is 14. The maximum atomic E-state index is 12.8. The minimum atomic E-state index is -0.821. The molecule has 2 saturated heterocycles. The van der Waals surface area contributed by atoms with E-state index in [-0.39, 0.29) is 24.3 Å². The number of fused-ring (bicyclic) bond motifs is 1. The van der Waals surface area contributed by atoms with Crippen LogP contribution in [0, 0.1) is 11.3 Å². The SMILES string of the molecule is COC(=O)[C@@H]1C[C@@H](Oc2nc3ccncc3c(OC3CCN(C)CC3)c2CCCCC[C@@H]2C[C@H]2OC(=O)N[C@H](C(=O)OC(C)(C)C)C(C)(C)C)CN1. The molecule has 2 aliphatic heterocycles. The molecular weight excluding hydrogens is 666 g/mol. The number of pyridine rings is 2. The Labute approximate surface area is 308 Å². The summed E-state index contributed by atoms with van der Waals surface area (Å²) in [6.45, 7) is 13.5. The van der Waals surface area contributed by atoms with Crippen LogP contribution in [0.4, 0.5) is 4.79 Å². The molecule has 1 saturated carbocycles. The van der Waals surface area contributed by atoms with Crippen molar-refractivity contribution in [2.24, 2.45) is 11.3 Å². The van der Waals surface area contributed by atoms with Gasteiger partial charge in [0.15, 0.2) is 0 Å². The number of piperidine rings is 1. The normalized spacial score (nSPS) is 23.2. The molecule has 4 heterocycles. The summed E-state index contributed by atoms with van der Waals surface area (Å²) in [4.78, 5) is 49.5. The number of nitrogens with zero attached hydrogens (tertiary/aromatic N) is 3. The molecule has 5 rings (SSSR count). The van der Waals surface area contributed by atoms with E-state index in [4.69, 9.17) is 28.7 Å². The number of carbonyl (C=O) groups is 3. The van der Waals surface area contributed by atoms with Gasteiger partial charge < -0.3 is 39.2 Å². The van der Waals surface area contributed by atoms with Gasteiger partial charge in [-0.05, 0) is 83.7 Å². The molecule has 5 atom stereocenters. The van der Waals surface area contributed by atoms with Crippen LogP contribution in [0.1, 0.15) is 98.5 Å². The zero-order valence-corrected chi connectivity index (χ0v) is 32.3. The van der Waals surface area contributed by atoms with Gasteiger partial charge in [-0.25, -0.2) is 14.6 Å². The molecule has 2 aromatic rings. The third kappa shape index (κ3) is 10.9. The van der Waals surface area contributed by atoms with Crippen molar-refractivity contribution < 1.29 is 38.1 Å². The smallest absolute Gasteiger partial charge is 0.408 e. The van der Waals surface area contributed by atoms with E-state index in [1.807, 2.05) is 33.0 Å². The first-order valence-corrected chi connectivity index (χ1v) is 18.9. The van der Waals surface area contributed by atoms with Crippen molar-refractivity contribution >= 4 is 28.9 Å². The molecular formula is C39H59N5O8. The first kappa shape index (κ1) is 39.5. The summed E-state index contributed by atoms with van der Waals surface area (Å²) in [5.41, 5.74) is 0.498. The number of hydrogen-bond donors (Lipinski definition) is 2. The van der Waals surface area contributed by atoms with Crippen molar-refractivity contribution in [3.63, 3.8) is 0 Å². The van der Waals surface area contributed by atoms with E-state index in [0.29, 0.717) is 31.2 Å². The number of carbonyl (C=O) groups excluding carboxylic acids is 3. The van der Waals surface area contributed by atoms with Crippen molar-refractivity contribution in [1.29, 1.82) is 0 Å². The Kier molecular flexibility index (Phi) is 12.9. The fourth-order valence-electron chi connectivity index (χ4n) is 6.92. The van der Waals surface area contributed by atoms with Gasteiger partial charge >= 0.3 is 18.0 Å². The maximum absolute atomic E-state index is 12.8. The molecule has 0 unspecified atom stereocenters. The summed E-state index contributed by atoms with van der Waals surface area (Å²) in [7, 11) is 3.53. The third-order valence-corrected chi connectivity index (χ3v) is 9.99. The van der Waals surface area contributed by atoms with E-state index in [2.05, 4.69) is 27.6 Å². The van der Waals surface area contributed by atoms with Crippen LogP contribution in [0.2, 0.25) is 0 Å². The zero-order chi connectivity index (χ0) is 37.6. The molecule has 13 nitrogen and oxygen atoms in total. The van der Waals surface area contributed by atoms with Gasteiger partial charge in [0.25, 0.3) is 0 Å². The van der Waals surface area contributed by atoms with Crippen LogP contribution in [0.3, 0.4) is 0 Å². The van der Waals surface area contributed by atoms with E-state index in [9.17, 15) is 14.4 Å². The molecule has 13 heteroatoms. The first-order chi connectivity index (χ1) is 24.6. The van der Waals surface area contributed by atoms with Crippen LogP contribution in [-0.4, -0.2) is 103 Å². The third-order valence-electron chi connectivity index (χ3n) is 9.99.